The number of para-hydroxylation sites is 2. The van der Waals surface area contributed by atoms with Crippen molar-refractivity contribution in [2.75, 3.05) is 11.5 Å². The van der Waals surface area contributed by atoms with Crippen LogP contribution in [0.1, 0.15) is 53.0 Å². The highest BCUT2D eigenvalue weighted by Gasteiger charge is 2.32. The molecule has 0 unspecified atom stereocenters. The summed E-state index contributed by atoms with van der Waals surface area (Å²) in [6.07, 6.45) is 0.529. The fraction of sp³-hybridized carbons (Fsp3) is 0.421. The van der Waals surface area contributed by atoms with Gasteiger partial charge in [-0.05, 0) is 39.3 Å². The first-order valence-electron chi connectivity index (χ1n) is 9.27. The van der Waals surface area contributed by atoms with E-state index in [1.807, 2.05) is 38.1 Å². The number of aryl methyl sites for hydroxylation is 1. The Kier molecular flexibility index (Phi) is 4.49. The molecule has 148 valence electrons. The Bertz CT molecular complexity index is 1130. The molecule has 3 aromatic rings. The van der Waals surface area contributed by atoms with E-state index < -0.39 is 9.84 Å². The van der Waals surface area contributed by atoms with Crippen LogP contribution in [0.5, 0.6) is 0 Å². The van der Waals surface area contributed by atoms with Gasteiger partial charge in [0.15, 0.2) is 9.84 Å². The highest BCUT2D eigenvalue weighted by atomic mass is 32.2. The van der Waals surface area contributed by atoms with Crippen molar-refractivity contribution in [1.82, 2.24) is 25.1 Å². The molecule has 1 fully saturated rings. The molecule has 0 radical (unpaired) electrons. The number of aromatic amines is 1. The van der Waals surface area contributed by atoms with Gasteiger partial charge < -0.3 is 10.3 Å². The molecule has 4 rings (SSSR count). The van der Waals surface area contributed by atoms with E-state index in [0.29, 0.717) is 29.2 Å². The zero-order chi connectivity index (χ0) is 20.1. The first-order valence-corrected chi connectivity index (χ1v) is 11.1. The lowest BCUT2D eigenvalue weighted by Crippen LogP contribution is -2.28. The van der Waals surface area contributed by atoms with Crippen molar-refractivity contribution in [3.63, 3.8) is 0 Å². The van der Waals surface area contributed by atoms with Crippen LogP contribution in [0.2, 0.25) is 0 Å². The zero-order valence-electron chi connectivity index (χ0n) is 16.1. The average Bonchev–Trinajstić information content (AvgIpc) is 3.29. The summed E-state index contributed by atoms with van der Waals surface area (Å²) >= 11 is 0. The van der Waals surface area contributed by atoms with Crippen LogP contribution in [0.25, 0.3) is 11.0 Å². The SMILES string of the molecule is Cc1nn([C@H]2CCS(=O)(=O)C2)c(C)c1C(=O)N[C@@H](C)c1nc2ccccc2[nH]1. The maximum absolute atomic E-state index is 12.9. The van der Waals surface area contributed by atoms with E-state index in [2.05, 4.69) is 20.4 Å². The number of carbonyl (C=O) groups excluding carboxylic acids is 1. The third-order valence-electron chi connectivity index (χ3n) is 5.27. The van der Waals surface area contributed by atoms with Crippen molar-refractivity contribution in [3.05, 3.63) is 47.0 Å². The molecule has 2 N–H and O–H groups in total. The Labute approximate surface area is 163 Å². The predicted molar refractivity (Wildman–Crippen MR) is 106 cm³/mol. The molecule has 1 aromatic carbocycles. The van der Waals surface area contributed by atoms with Gasteiger partial charge >= 0.3 is 0 Å². The first-order chi connectivity index (χ1) is 13.2. The smallest absolute Gasteiger partial charge is 0.255 e. The molecule has 8 nitrogen and oxygen atoms in total. The number of aromatic nitrogens is 4. The van der Waals surface area contributed by atoms with Gasteiger partial charge in [0.2, 0.25) is 0 Å². The van der Waals surface area contributed by atoms with Gasteiger partial charge in [-0.25, -0.2) is 13.4 Å². The Morgan fingerprint density at radius 2 is 2.07 bits per heavy atom. The topological polar surface area (TPSA) is 110 Å². The monoisotopic (exact) mass is 401 g/mol. The molecule has 0 spiro atoms. The van der Waals surface area contributed by atoms with Crippen molar-refractivity contribution in [2.45, 2.75) is 39.3 Å². The van der Waals surface area contributed by atoms with Gasteiger partial charge in [-0.3, -0.25) is 9.48 Å². The normalized spacial score (nSPS) is 19.8. The molecule has 2 atom stereocenters. The van der Waals surface area contributed by atoms with Crippen LogP contribution in [0.3, 0.4) is 0 Å². The third kappa shape index (κ3) is 3.30. The molecule has 1 aliphatic heterocycles. The summed E-state index contributed by atoms with van der Waals surface area (Å²) < 4.78 is 25.3. The fourth-order valence-corrected chi connectivity index (χ4v) is 5.52. The van der Waals surface area contributed by atoms with E-state index in [1.165, 1.54) is 0 Å². The van der Waals surface area contributed by atoms with Crippen molar-refractivity contribution >= 4 is 26.8 Å². The highest BCUT2D eigenvalue weighted by Crippen LogP contribution is 2.27. The van der Waals surface area contributed by atoms with E-state index in [1.54, 1.807) is 11.6 Å². The Morgan fingerprint density at radius 1 is 1.32 bits per heavy atom. The number of hydrogen-bond acceptors (Lipinski definition) is 5. The van der Waals surface area contributed by atoms with Crippen LogP contribution in [-0.2, 0) is 9.84 Å². The van der Waals surface area contributed by atoms with Gasteiger partial charge in [-0.1, -0.05) is 12.1 Å². The van der Waals surface area contributed by atoms with Crippen molar-refractivity contribution < 1.29 is 13.2 Å². The summed E-state index contributed by atoms with van der Waals surface area (Å²) in [5, 5.41) is 7.43. The molecule has 9 heteroatoms. The average molecular weight is 401 g/mol. The minimum Gasteiger partial charge on any atom is -0.342 e. The second kappa shape index (κ2) is 6.73. The van der Waals surface area contributed by atoms with Crippen LogP contribution in [0.4, 0.5) is 0 Å². The van der Waals surface area contributed by atoms with Crippen LogP contribution >= 0.6 is 0 Å². The van der Waals surface area contributed by atoms with E-state index in [0.717, 1.165) is 11.0 Å². The van der Waals surface area contributed by atoms with Crippen LogP contribution in [-0.4, -0.2) is 45.6 Å². The number of H-pyrrole nitrogens is 1. The minimum absolute atomic E-state index is 0.0748. The van der Waals surface area contributed by atoms with E-state index in [9.17, 15) is 13.2 Å². The summed E-state index contributed by atoms with van der Waals surface area (Å²) in [4.78, 5) is 20.7. The predicted octanol–water partition coefficient (Wildman–Crippen LogP) is 2.23. The lowest BCUT2D eigenvalue weighted by molar-refractivity contribution is 0.0937. The first kappa shape index (κ1) is 18.7. The van der Waals surface area contributed by atoms with Crippen molar-refractivity contribution in [2.24, 2.45) is 0 Å². The number of fused-ring (bicyclic) bond motifs is 1. The largest absolute Gasteiger partial charge is 0.342 e. The molecular weight excluding hydrogens is 378 g/mol. The standard InChI is InChI=1S/C19H23N5O3S/c1-11-17(13(3)24(23-11)14-8-9-28(26,27)10-14)19(25)20-12(2)18-21-15-6-4-5-7-16(15)22-18/h4-7,12,14H,8-10H2,1-3H3,(H,20,25)(H,21,22)/t12-,14-/m0/s1. The van der Waals surface area contributed by atoms with Gasteiger partial charge in [-0.15, -0.1) is 0 Å². The summed E-state index contributed by atoms with van der Waals surface area (Å²) in [5.74, 6) is 0.681. The van der Waals surface area contributed by atoms with Crippen LogP contribution in [0.15, 0.2) is 24.3 Å². The number of imidazole rings is 1. The van der Waals surface area contributed by atoms with Crippen molar-refractivity contribution in [1.29, 1.82) is 0 Å². The second-order valence-corrected chi connectivity index (χ2v) is 9.61. The molecule has 1 aliphatic rings. The Balaban J connectivity index is 1.56. The number of benzene rings is 1. The number of carbonyl (C=O) groups is 1. The molecule has 1 saturated heterocycles. The number of nitrogens with zero attached hydrogens (tertiary/aromatic N) is 3. The second-order valence-electron chi connectivity index (χ2n) is 7.38. The lowest BCUT2D eigenvalue weighted by Gasteiger charge is -2.13. The maximum Gasteiger partial charge on any atom is 0.255 e. The van der Waals surface area contributed by atoms with Gasteiger partial charge in [-0.2, -0.15) is 5.10 Å². The highest BCUT2D eigenvalue weighted by molar-refractivity contribution is 7.91. The molecule has 2 aromatic heterocycles. The molecule has 28 heavy (non-hydrogen) atoms. The van der Waals surface area contributed by atoms with Gasteiger partial charge in [0.25, 0.3) is 5.91 Å². The molecule has 0 bridgehead atoms. The molecule has 3 heterocycles. The number of nitrogens with one attached hydrogen (secondary N) is 2. The fourth-order valence-electron chi connectivity index (χ4n) is 3.83. The molecule has 1 amide bonds. The van der Waals surface area contributed by atoms with E-state index >= 15 is 0 Å². The van der Waals surface area contributed by atoms with Gasteiger partial charge in [0.1, 0.15) is 5.82 Å². The number of rotatable bonds is 4. The quantitative estimate of drug-likeness (QED) is 0.697. The third-order valence-corrected chi connectivity index (χ3v) is 7.02. The number of sulfone groups is 1. The molecule has 0 aliphatic carbocycles. The summed E-state index contributed by atoms with van der Waals surface area (Å²) in [6, 6.07) is 7.18. The summed E-state index contributed by atoms with van der Waals surface area (Å²) in [5.41, 5.74) is 3.54. The maximum atomic E-state index is 12.9. The van der Waals surface area contributed by atoms with Crippen LogP contribution < -0.4 is 5.32 Å². The number of hydrogen-bond donors (Lipinski definition) is 2. The summed E-state index contributed by atoms with van der Waals surface area (Å²) in [7, 11) is -3.03. The Hall–Kier alpha value is -2.68. The lowest BCUT2D eigenvalue weighted by atomic mass is 10.1. The minimum atomic E-state index is -3.03. The van der Waals surface area contributed by atoms with E-state index in [-0.39, 0.29) is 29.5 Å². The number of amides is 1. The van der Waals surface area contributed by atoms with Crippen molar-refractivity contribution in [3.8, 4) is 0 Å². The van der Waals surface area contributed by atoms with Crippen LogP contribution in [0, 0.1) is 13.8 Å². The van der Waals surface area contributed by atoms with Gasteiger partial charge in [0.05, 0.1) is 45.9 Å². The summed E-state index contributed by atoms with van der Waals surface area (Å²) in [6.45, 7) is 5.45. The molecular formula is C19H23N5O3S. The molecule has 0 saturated carbocycles. The van der Waals surface area contributed by atoms with E-state index in [4.69, 9.17) is 0 Å². The zero-order valence-corrected chi connectivity index (χ0v) is 16.9. The van der Waals surface area contributed by atoms with Gasteiger partial charge in [0, 0.05) is 5.69 Å². The Morgan fingerprint density at radius 3 is 2.75 bits per heavy atom.